The van der Waals surface area contributed by atoms with Gasteiger partial charge in [-0.3, -0.25) is 4.68 Å². The molecule has 0 aliphatic heterocycles. The zero-order chi connectivity index (χ0) is 19.4. The lowest BCUT2D eigenvalue weighted by molar-refractivity contribution is -0.114. The van der Waals surface area contributed by atoms with Gasteiger partial charge in [0.1, 0.15) is 12.1 Å². The van der Waals surface area contributed by atoms with Crippen LogP contribution in [0, 0.1) is 18.2 Å². The third kappa shape index (κ3) is 4.17. The van der Waals surface area contributed by atoms with Gasteiger partial charge in [0, 0.05) is 30.5 Å². The van der Waals surface area contributed by atoms with E-state index >= 15 is 0 Å². The lowest BCUT2D eigenvalue weighted by Gasteiger charge is -2.33. The topological polar surface area (TPSA) is 72.9 Å². The number of anilines is 1. The SMILES string of the molecule is Cc1cc(CC2(C=O)CC=C(Nc3ccc(F)cc3)C=C2CCN)n(C)n1. The Hall–Kier alpha value is -2.73. The second-order valence-corrected chi connectivity index (χ2v) is 7.06. The summed E-state index contributed by atoms with van der Waals surface area (Å²) < 4.78 is 14.9. The fraction of sp³-hybridized carbons (Fsp3) is 0.333. The van der Waals surface area contributed by atoms with Crippen LogP contribution in [0.1, 0.15) is 24.2 Å². The lowest BCUT2D eigenvalue weighted by atomic mass is 9.71. The summed E-state index contributed by atoms with van der Waals surface area (Å²) in [5, 5.41) is 7.67. The molecule has 0 amide bonds. The predicted octanol–water partition coefficient (Wildman–Crippen LogP) is 3.27. The molecule has 5 nitrogen and oxygen atoms in total. The van der Waals surface area contributed by atoms with E-state index in [-0.39, 0.29) is 5.82 Å². The standard InChI is InChI=1S/C21H25FN4O/c1-15-11-20(26(2)25-15)13-21(14-27)9-7-19(12-16(21)8-10-23)24-18-5-3-17(22)4-6-18/h3-7,11-12,14,24H,8-10,13,23H2,1-2H3. The molecule has 0 fully saturated rings. The van der Waals surface area contributed by atoms with Crippen LogP contribution in [0.4, 0.5) is 10.1 Å². The molecule has 0 radical (unpaired) electrons. The summed E-state index contributed by atoms with van der Waals surface area (Å²) in [6.45, 7) is 2.41. The number of halogens is 1. The number of aryl methyl sites for hydroxylation is 2. The third-order valence-corrected chi connectivity index (χ3v) is 5.02. The van der Waals surface area contributed by atoms with E-state index in [1.807, 2.05) is 36.9 Å². The minimum Gasteiger partial charge on any atom is -0.356 e. The molecular formula is C21H25FN4O. The van der Waals surface area contributed by atoms with Crippen molar-refractivity contribution in [3.05, 3.63) is 71.0 Å². The molecule has 1 aliphatic rings. The Morgan fingerprint density at radius 2 is 2.11 bits per heavy atom. The number of nitrogens with zero attached hydrogens (tertiary/aromatic N) is 2. The Labute approximate surface area is 158 Å². The maximum absolute atomic E-state index is 13.1. The molecule has 6 heteroatoms. The average Bonchev–Trinajstić information content (AvgIpc) is 2.96. The van der Waals surface area contributed by atoms with Crippen molar-refractivity contribution in [2.45, 2.75) is 26.2 Å². The molecule has 0 spiro atoms. The molecule has 2 aromatic rings. The van der Waals surface area contributed by atoms with Gasteiger partial charge in [-0.25, -0.2) is 4.39 Å². The van der Waals surface area contributed by atoms with Crippen molar-refractivity contribution < 1.29 is 9.18 Å². The van der Waals surface area contributed by atoms with Crippen LogP contribution in [0.5, 0.6) is 0 Å². The normalized spacial score (nSPS) is 19.4. The minimum absolute atomic E-state index is 0.274. The number of hydrogen-bond acceptors (Lipinski definition) is 4. The van der Waals surface area contributed by atoms with E-state index in [2.05, 4.69) is 10.4 Å². The molecule has 1 aromatic heterocycles. The van der Waals surface area contributed by atoms with E-state index in [1.54, 1.807) is 12.1 Å². The number of nitrogens with two attached hydrogens (primary N) is 1. The van der Waals surface area contributed by atoms with Gasteiger partial charge in [-0.15, -0.1) is 0 Å². The van der Waals surface area contributed by atoms with E-state index in [0.29, 0.717) is 25.8 Å². The Morgan fingerprint density at radius 3 is 2.70 bits per heavy atom. The fourth-order valence-electron chi connectivity index (χ4n) is 3.58. The quantitative estimate of drug-likeness (QED) is 0.736. The first-order valence-electron chi connectivity index (χ1n) is 9.05. The first-order chi connectivity index (χ1) is 13.0. The molecule has 1 heterocycles. The molecule has 3 N–H and O–H groups in total. The summed E-state index contributed by atoms with van der Waals surface area (Å²) in [5.74, 6) is -0.274. The molecule has 0 saturated heterocycles. The number of benzene rings is 1. The van der Waals surface area contributed by atoms with Crippen LogP contribution in [0.2, 0.25) is 0 Å². The van der Waals surface area contributed by atoms with Crippen LogP contribution in [-0.2, 0) is 18.3 Å². The van der Waals surface area contributed by atoms with Gasteiger partial charge in [0.25, 0.3) is 0 Å². The zero-order valence-electron chi connectivity index (χ0n) is 15.7. The fourth-order valence-corrected chi connectivity index (χ4v) is 3.58. The van der Waals surface area contributed by atoms with Crippen molar-refractivity contribution in [2.75, 3.05) is 11.9 Å². The summed E-state index contributed by atoms with van der Waals surface area (Å²) >= 11 is 0. The zero-order valence-corrected chi connectivity index (χ0v) is 15.7. The maximum atomic E-state index is 13.1. The Bertz CT molecular complexity index is 882. The molecule has 1 aliphatic carbocycles. The van der Waals surface area contributed by atoms with Gasteiger partial charge in [0.15, 0.2) is 0 Å². The van der Waals surface area contributed by atoms with Crippen LogP contribution in [-0.4, -0.2) is 22.6 Å². The number of carbonyl (C=O) groups is 1. The van der Waals surface area contributed by atoms with Gasteiger partial charge in [0.05, 0.1) is 11.1 Å². The highest BCUT2D eigenvalue weighted by molar-refractivity contribution is 5.69. The highest BCUT2D eigenvalue weighted by Gasteiger charge is 2.36. The Balaban J connectivity index is 1.87. The monoisotopic (exact) mass is 368 g/mol. The summed E-state index contributed by atoms with van der Waals surface area (Å²) in [6, 6.07) is 8.22. The largest absolute Gasteiger partial charge is 0.356 e. The highest BCUT2D eigenvalue weighted by Crippen LogP contribution is 2.40. The van der Waals surface area contributed by atoms with Crippen LogP contribution in [0.25, 0.3) is 0 Å². The molecule has 1 unspecified atom stereocenters. The number of allylic oxidation sites excluding steroid dienone is 2. The number of aromatic nitrogens is 2. The van der Waals surface area contributed by atoms with Crippen molar-refractivity contribution in [1.29, 1.82) is 0 Å². The highest BCUT2D eigenvalue weighted by atomic mass is 19.1. The van der Waals surface area contributed by atoms with E-state index in [0.717, 1.165) is 34.6 Å². The summed E-state index contributed by atoms with van der Waals surface area (Å²) in [7, 11) is 1.90. The first kappa shape index (κ1) is 19.0. The molecule has 1 aromatic carbocycles. The van der Waals surface area contributed by atoms with Crippen molar-refractivity contribution in [1.82, 2.24) is 9.78 Å². The van der Waals surface area contributed by atoms with Crippen molar-refractivity contribution in [2.24, 2.45) is 18.2 Å². The predicted molar refractivity (Wildman–Crippen MR) is 105 cm³/mol. The van der Waals surface area contributed by atoms with Crippen molar-refractivity contribution in [3.8, 4) is 0 Å². The number of rotatable bonds is 7. The lowest BCUT2D eigenvalue weighted by Crippen LogP contribution is -2.32. The molecule has 142 valence electrons. The summed E-state index contributed by atoms with van der Waals surface area (Å²) in [5.41, 5.74) is 9.85. The van der Waals surface area contributed by atoms with E-state index in [4.69, 9.17) is 5.73 Å². The second kappa shape index (κ2) is 7.88. The number of carbonyl (C=O) groups excluding carboxylic acids is 1. The van der Waals surface area contributed by atoms with Crippen LogP contribution in [0.15, 0.2) is 53.8 Å². The number of aldehydes is 1. The van der Waals surface area contributed by atoms with Crippen LogP contribution in [0.3, 0.4) is 0 Å². The summed E-state index contributed by atoms with van der Waals surface area (Å²) in [6.07, 6.45) is 6.86. The second-order valence-electron chi connectivity index (χ2n) is 7.06. The Kier molecular flexibility index (Phi) is 5.56. The van der Waals surface area contributed by atoms with Gasteiger partial charge in [-0.1, -0.05) is 11.6 Å². The molecule has 0 bridgehead atoms. The van der Waals surface area contributed by atoms with Crippen molar-refractivity contribution >= 4 is 12.0 Å². The van der Waals surface area contributed by atoms with Gasteiger partial charge >= 0.3 is 0 Å². The van der Waals surface area contributed by atoms with E-state index in [1.165, 1.54) is 12.1 Å². The number of hydrogen-bond donors (Lipinski definition) is 2. The van der Waals surface area contributed by atoms with Crippen LogP contribution < -0.4 is 11.1 Å². The average molecular weight is 368 g/mol. The molecule has 0 saturated carbocycles. The van der Waals surface area contributed by atoms with Gasteiger partial charge in [-0.05, 0) is 62.7 Å². The van der Waals surface area contributed by atoms with Crippen molar-refractivity contribution in [3.63, 3.8) is 0 Å². The van der Waals surface area contributed by atoms with Gasteiger partial charge in [-0.2, -0.15) is 5.10 Å². The van der Waals surface area contributed by atoms with Gasteiger partial charge in [0.2, 0.25) is 0 Å². The van der Waals surface area contributed by atoms with E-state index in [9.17, 15) is 9.18 Å². The molecule has 3 rings (SSSR count). The Morgan fingerprint density at radius 1 is 1.37 bits per heavy atom. The first-order valence-corrected chi connectivity index (χ1v) is 9.05. The molecule has 1 atom stereocenters. The van der Waals surface area contributed by atoms with Gasteiger partial charge < -0.3 is 15.8 Å². The summed E-state index contributed by atoms with van der Waals surface area (Å²) in [4.78, 5) is 12.2. The molecular weight excluding hydrogens is 343 g/mol. The number of nitrogens with one attached hydrogen (secondary N) is 1. The minimum atomic E-state index is -0.617. The molecule has 27 heavy (non-hydrogen) atoms. The third-order valence-electron chi connectivity index (χ3n) is 5.02. The smallest absolute Gasteiger partial charge is 0.130 e. The van der Waals surface area contributed by atoms with E-state index < -0.39 is 5.41 Å². The van der Waals surface area contributed by atoms with Crippen LogP contribution >= 0.6 is 0 Å². The maximum Gasteiger partial charge on any atom is 0.130 e.